The maximum Gasteiger partial charge on any atom is 0.412 e. The first kappa shape index (κ1) is 23.7. The van der Waals surface area contributed by atoms with E-state index in [1.165, 1.54) is 25.3 Å². The fourth-order valence-corrected chi connectivity index (χ4v) is 3.49. The number of allylic oxidation sites excluding steroid dienone is 1. The third kappa shape index (κ3) is 6.30. The molecule has 3 aromatic carbocycles. The maximum absolute atomic E-state index is 14.0. The number of carbonyl (C=O) groups excluding carboxylic acids is 1. The number of hydrogen-bond donors (Lipinski definition) is 3. The van der Waals surface area contributed by atoms with Crippen molar-refractivity contribution in [3.05, 3.63) is 84.2 Å². The topological polar surface area (TPSA) is 105 Å². The van der Waals surface area contributed by atoms with Crippen molar-refractivity contribution in [2.45, 2.75) is 25.0 Å². The first-order chi connectivity index (χ1) is 15.9. The molecule has 0 saturated heterocycles. The lowest BCUT2D eigenvalue weighted by atomic mass is 10.00. The molecule has 3 rings (SSSR count). The zero-order chi connectivity index (χ0) is 23.8. The Balaban J connectivity index is 1.83. The Kier molecular flexibility index (Phi) is 7.99. The Bertz CT molecular complexity index is 1160. The number of amides is 1. The number of methoxy groups -OCH3 is 1. The standard InChI is InChI=1S/C25H24FNO6/c1-32-22(11-4-5-12-23(29)30)24(17-13-14-21(28)19(26)15-17)33-25(31)27-20-10-6-8-16-7-2-3-9-18(16)20/h2-3,5-10,12-15,22,24,28H,4,11H2,1H3,(H,27,31)(H,29,30)/b12-5+/t22-,24-/m0/s1. The number of phenols is 1. The molecule has 0 heterocycles. The van der Waals surface area contributed by atoms with Crippen molar-refractivity contribution in [3.8, 4) is 5.75 Å². The number of hydrogen-bond acceptors (Lipinski definition) is 5. The van der Waals surface area contributed by atoms with Gasteiger partial charge in [-0.3, -0.25) is 5.32 Å². The van der Waals surface area contributed by atoms with Crippen LogP contribution in [0.4, 0.5) is 14.9 Å². The van der Waals surface area contributed by atoms with Gasteiger partial charge < -0.3 is 19.7 Å². The van der Waals surface area contributed by atoms with Gasteiger partial charge in [0.05, 0.1) is 11.8 Å². The van der Waals surface area contributed by atoms with Gasteiger partial charge in [0.25, 0.3) is 0 Å². The molecular formula is C25H24FNO6. The number of rotatable bonds is 9. The molecule has 0 bridgehead atoms. The first-order valence-electron chi connectivity index (χ1n) is 10.2. The molecule has 8 heteroatoms. The third-order valence-electron chi connectivity index (χ3n) is 5.08. The number of fused-ring (bicyclic) bond motifs is 1. The van der Waals surface area contributed by atoms with Gasteiger partial charge >= 0.3 is 12.1 Å². The van der Waals surface area contributed by atoms with Gasteiger partial charge in [0, 0.05) is 18.6 Å². The fraction of sp³-hybridized carbons (Fsp3) is 0.200. The van der Waals surface area contributed by atoms with Crippen LogP contribution in [0.15, 0.2) is 72.8 Å². The Morgan fingerprint density at radius 3 is 2.61 bits per heavy atom. The van der Waals surface area contributed by atoms with Crippen molar-refractivity contribution >= 4 is 28.5 Å². The number of carboxylic acid groups (broad SMARTS) is 1. The summed E-state index contributed by atoms with van der Waals surface area (Å²) in [5.41, 5.74) is 0.833. The second-order valence-electron chi connectivity index (χ2n) is 7.28. The van der Waals surface area contributed by atoms with E-state index in [2.05, 4.69) is 5.32 Å². The van der Waals surface area contributed by atoms with Crippen LogP contribution in [0.3, 0.4) is 0 Å². The van der Waals surface area contributed by atoms with Crippen molar-refractivity contribution in [2.75, 3.05) is 12.4 Å². The number of nitrogens with one attached hydrogen (secondary N) is 1. The summed E-state index contributed by atoms with van der Waals surface area (Å²) in [7, 11) is 1.42. The number of carbonyl (C=O) groups is 2. The van der Waals surface area contributed by atoms with Gasteiger partial charge in [0.15, 0.2) is 17.7 Å². The largest absolute Gasteiger partial charge is 0.505 e. The van der Waals surface area contributed by atoms with Crippen molar-refractivity contribution in [2.24, 2.45) is 0 Å². The van der Waals surface area contributed by atoms with Gasteiger partial charge in [0.1, 0.15) is 0 Å². The lowest BCUT2D eigenvalue weighted by Gasteiger charge is -2.26. The molecule has 3 N–H and O–H groups in total. The molecule has 3 aromatic rings. The summed E-state index contributed by atoms with van der Waals surface area (Å²) in [6, 6.07) is 16.7. The molecule has 0 radical (unpaired) electrons. The molecule has 0 aliphatic carbocycles. The predicted octanol–water partition coefficient (Wildman–Crippen LogP) is 5.41. The molecule has 0 aliphatic rings. The first-order valence-corrected chi connectivity index (χ1v) is 10.2. The van der Waals surface area contributed by atoms with Gasteiger partial charge in [-0.05, 0) is 42.0 Å². The van der Waals surface area contributed by atoms with Crippen LogP contribution < -0.4 is 5.32 Å². The smallest absolute Gasteiger partial charge is 0.412 e. The minimum Gasteiger partial charge on any atom is -0.505 e. The van der Waals surface area contributed by atoms with E-state index < -0.39 is 35.8 Å². The fourth-order valence-electron chi connectivity index (χ4n) is 3.49. The van der Waals surface area contributed by atoms with Crippen molar-refractivity contribution < 1.29 is 33.7 Å². The predicted molar refractivity (Wildman–Crippen MR) is 122 cm³/mol. The van der Waals surface area contributed by atoms with E-state index in [-0.39, 0.29) is 5.56 Å². The number of aromatic hydroxyl groups is 1. The zero-order valence-electron chi connectivity index (χ0n) is 17.9. The number of carboxylic acids is 1. The van der Waals surface area contributed by atoms with Crippen LogP contribution in [0.1, 0.15) is 24.5 Å². The molecule has 7 nitrogen and oxygen atoms in total. The maximum atomic E-state index is 14.0. The molecule has 2 atom stereocenters. The zero-order valence-corrected chi connectivity index (χ0v) is 17.9. The summed E-state index contributed by atoms with van der Waals surface area (Å²) >= 11 is 0. The number of halogens is 1. The molecule has 0 saturated carbocycles. The lowest BCUT2D eigenvalue weighted by Crippen LogP contribution is -2.28. The highest BCUT2D eigenvalue weighted by molar-refractivity contribution is 6.00. The van der Waals surface area contributed by atoms with E-state index >= 15 is 0 Å². The van der Waals surface area contributed by atoms with E-state index in [0.29, 0.717) is 18.5 Å². The molecule has 0 fully saturated rings. The normalized spacial score (nSPS) is 13.0. The Hall–Kier alpha value is -3.91. The lowest BCUT2D eigenvalue weighted by molar-refractivity contribution is -0.131. The third-order valence-corrected chi connectivity index (χ3v) is 5.08. The van der Waals surface area contributed by atoms with Crippen molar-refractivity contribution in [1.29, 1.82) is 0 Å². The summed E-state index contributed by atoms with van der Waals surface area (Å²) in [6.45, 7) is 0. The number of aliphatic carboxylic acids is 1. The SMILES string of the molecule is CO[C@@H](CC/C=C/C(=O)O)[C@@H](OC(=O)Nc1cccc2ccccc12)c1ccc(O)c(F)c1. The van der Waals surface area contributed by atoms with E-state index in [4.69, 9.17) is 14.6 Å². The molecule has 0 aliphatic heterocycles. The number of ether oxygens (including phenoxy) is 2. The summed E-state index contributed by atoms with van der Waals surface area (Å²) in [4.78, 5) is 23.5. The van der Waals surface area contributed by atoms with Crippen LogP contribution in [-0.4, -0.2) is 35.5 Å². The summed E-state index contributed by atoms with van der Waals surface area (Å²) < 4.78 is 25.2. The highest BCUT2D eigenvalue weighted by Gasteiger charge is 2.28. The Morgan fingerprint density at radius 2 is 1.88 bits per heavy atom. The molecule has 0 aromatic heterocycles. The molecule has 0 spiro atoms. The van der Waals surface area contributed by atoms with Gasteiger partial charge in [-0.2, -0.15) is 0 Å². The summed E-state index contributed by atoms with van der Waals surface area (Å²) in [6.07, 6.45) is 0.608. The van der Waals surface area contributed by atoms with Crippen LogP contribution in [-0.2, 0) is 14.3 Å². The summed E-state index contributed by atoms with van der Waals surface area (Å²) in [5, 5.41) is 22.8. The molecule has 0 unspecified atom stereocenters. The summed E-state index contributed by atoms with van der Waals surface area (Å²) in [5.74, 6) is -2.47. The van der Waals surface area contributed by atoms with E-state index in [9.17, 15) is 19.1 Å². The molecule has 172 valence electrons. The average Bonchev–Trinajstić information content (AvgIpc) is 2.80. The van der Waals surface area contributed by atoms with Gasteiger partial charge in [-0.25, -0.2) is 14.0 Å². The minimum atomic E-state index is -1.08. The van der Waals surface area contributed by atoms with E-state index in [1.807, 2.05) is 30.3 Å². The van der Waals surface area contributed by atoms with Crippen molar-refractivity contribution in [1.82, 2.24) is 0 Å². The van der Waals surface area contributed by atoms with Crippen LogP contribution in [0.2, 0.25) is 0 Å². The molecule has 1 amide bonds. The van der Waals surface area contributed by atoms with Gasteiger partial charge in [0.2, 0.25) is 0 Å². The van der Waals surface area contributed by atoms with Crippen molar-refractivity contribution in [3.63, 3.8) is 0 Å². The van der Waals surface area contributed by atoms with Crippen LogP contribution >= 0.6 is 0 Å². The van der Waals surface area contributed by atoms with Crippen LogP contribution in [0.25, 0.3) is 10.8 Å². The van der Waals surface area contributed by atoms with Gasteiger partial charge in [-0.15, -0.1) is 0 Å². The van der Waals surface area contributed by atoms with Gasteiger partial charge in [-0.1, -0.05) is 48.5 Å². The van der Waals surface area contributed by atoms with E-state index in [1.54, 1.807) is 12.1 Å². The second kappa shape index (κ2) is 11.1. The quantitative estimate of drug-likeness (QED) is 0.374. The Morgan fingerprint density at radius 1 is 1.12 bits per heavy atom. The average molecular weight is 453 g/mol. The molecule has 33 heavy (non-hydrogen) atoms. The Labute approximate surface area is 190 Å². The number of anilines is 1. The highest BCUT2D eigenvalue weighted by atomic mass is 19.1. The van der Waals surface area contributed by atoms with Crippen LogP contribution in [0, 0.1) is 5.82 Å². The highest BCUT2D eigenvalue weighted by Crippen LogP contribution is 2.30. The number of phenolic OH excluding ortho intramolecular Hbond substituents is 1. The molecular weight excluding hydrogens is 429 g/mol. The minimum absolute atomic E-state index is 0.285. The number of benzene rings is 3. The monoisotopic (exact) mass is 453 g/mol. The van der Waals surface area contributed by atoms with Crippen LogP contribution in [0.5, 0.6) is 5.75 Å². The second-order valence-corrected chi connectivity index (χ2v) is 7.28. The van der Waals surface area contributed by atoms with E-state index in [0.717, 1.165) is 22.9 Å².